The minimum atomic E-state index is -1.04. The second kappa shape index (κ2) is 7.61. The van der Waals surface area contributed by atoms with Crippen LogP contribution in [0.15, 0.2) is 78.9 Å². The van der Waals surface area contributed by atoms with E-state index in [4.69, 9.17) is 0 Å². The fourth-order valence-corrected chi connectivity index (χ4v) is 4.69. The Kier molecular flexibility index (Phi) is 4.77. The van der Waals surface area contributed by atoms with Gasteiger partial charge in [0.25, 0.3) is 0 Å². The van der Waals surface area contributed by atoms with Crippen LogP contribution in [0.5, 0.6) is 0 Å². The summed E-state index contributed by atoms with van der Waals surface area (Å²) in [6.07, 6.45) is 0. The minimum Gasteiger partial charge on any atom is -0.478 e. The van der Waals surface area contributed by atoms with Crippen molar-refractivity contribution in [3.05, 3.63) is 101 Å². The van der Waals surface area contributed by atoms with Crippen molar-refractivity contribution >= 4 is 17.6 Å². The van der Waals surface area contributed by atoms with E-state index in [0.717, 1.165) is 5.56 Å². The van der Waals surface area contributed by atoms with E-state index < -0.39 is 18.1 Å². The highest BCUT2D eigenvalue weighted by Crippen LogP contribution is 2.49. The normalized spacial score (nSPS) is 24.9. The highest BCUT2D eigenvalue weighted by atomic mass is 19.1. The molecule has 1 amide bonds. The van der Waals surface area contributed by atoms with Gasteiger partial charge in [-0.15, -0.1) is 0 Å². The van der Waals surface area contributed by atoms with E-state index in [1.165, 1.54) is 18.2 Å². The zero-order valence-electron chi connectivity index (χ0n) is 16.4. The molecule has 0 spiro atoms. The van der Waals surface area contributed by atoms with Crippen molar-refractivity contribution in [1.82, 2.24) is 10.9 Å². The van der Waals surface area contributed by atoms with Crippen LogP contribution in [-0.2, 0) is 4.79 Å². The summed E-state index contributed by atoms with van der Waals surface area (Å²) in [6, 6.07) is 21.0. The molecular formula is C24H20FN3O3. The lowest BCUT2D eigenvalue weighted by Gasteiger charge is -2.31. The van der Waals surface area contributed by atoms with Crippen LogP contribution in [0.25, 0.3) is 0 Å². The monoisotopic (exact) mass is 417 g/mol. The predicted octanol–water partition coefficient (Wildman–Crippen LogP) is 3.45. The Morgan fingerprint density at radius 1 is 0.871 bits per heavy atom. The molecule has 6 nitrogen and oxygen atoms in total. The second-order valence-corrected chi connectivity index (χ2v) is 7.76. The summed E-state index contributed by atoms with van der Waals surface area (Å²) in [6.45, 7) is 0. The first kappa shape index (κ1) is 19.4. The Bertz CT molecular complexity index is 1140. The van der Waals surface area contributed by atoms with E-state index >= 15 is 0 Å². The fourth-order valence-electron chi connectivity index (χ4n) is 4.69. The lowest BCUT2D eigenvalue weighted by molar-refractivity contribution is -0.119. The maximum atomic E-state index is 15.0. The summed E-state index contributed by atoms with van der Waals surface area (Å²) in [5.74, 6) is -1.89. The Labute approximate surface area is 178 Å². The SMILES string of the molecule is O=C(O)c1ccc(N2C(=O)C3NNC(c4ccccc4)C3C2c2ccccc2F)cc1. The van der Waals surface area contributed by atoms with Gasteiger partial charge in [-0.25, -0.2) is 20.0 Å². The molecule has 3 aromatic carbocycles. The zero-order valence-corrected chi connectivity index (χ0v) is 16.4. The summed E-state index contributed by atoms with van der Waals surface area (Å²) < 4.78 is 15.0. The lowest BCUT2D eigenvalue weighted by Crippen LogP contribution is -2.41. The molecule has 0 saturated carbocycles. The number of nitrogens with zero attached hydrogens (tertiary/aromatic N) is 1. The van der Waals surface area contributed by atoms with Gasteiger partial charge in [0.2, 0.25) is 5.91 Å². The zero-order chi connectivity index (χ0) is 21.5. The number of fused-ring (bicyclic) bond motifs is 1. The van der Waals surface area contributed by atoms with Gasteiger partial charge in [0.05, 0.1) is 17.6 Å². The molecule has 4 atom stereocenters. The number of hydrogen-bond donors (Lipinski definition) is 3. The molecule has 7 heteroatoms. The number of hydrazine groups is 1. The summed E-state index contributed by atoms with van der Waals surface area (Å²) in [5.41, 5.74) is 8.42. The maximum Gasteiger partial charge on any atom is 0.335 e. The molecule has 2 aliphatic heterocycles. The number of rotatable bonds is 4. The molecule has 2 aliphatic rings. The number of anilines is 1. The van der Waals surface area contributed by atoms with Crippen LogP contribution < -0.4 is 15.8 Å². The van der Waals surface area contributed by atoms with Crippen LogP contribution in [-0.4, -0.2) is 23.0 Å². The van der Waals surface area contributed by atoms with Crippen molar-refractivity contribution in [2.45, 2.75) is 18.1 Å². The molecule has 2 heterocycles. The van der Waals surface area contributed by atoms with Crippen molar-refractivity contribution in [1.29, 1.82) is 0 Å². The van der Waals surface area contributed by atoms with Gasteiger partial charge in [0.15, 0.2) is 0 Å². The molecule has 0 aromatic heterocycles. The van der Waals surface area contributed by atoms with Crippen molar-refractivity contribution < 1.29 is 19.1 Å². The molecule has 2 fully saturated rings. The van der Waals surface area contributed by atoms with Gasteiger partial charge in [-0.2, -0.15) is 0 Å². The van der Waals surface area contributed by atoms with Crippen LogP contribution in [0.3, 0.4) is 0 Å². The largest absolute Gasteiger partial charge is 0.478 e. The molecule has 156 valence electrons. The number of carboxylic acids is 1. The number of aromatic carboxylic acids is 1. The minimum absolute atomic E-state index is 0.125. The van der Waals surface area contributed by atoms with Gasteiger partial charge in [-0.3, -0.25) is 4.79 Å². The van der Waals surface area contributed by atoms with Gasteiger partial charge in [0, 0.05) is 17.2 Å². The van der Waals surface area contributed by atoms with E-state index in [9.17, 15) is 19.1 Å². The van der Waals surface area contributed by atoms with E-state index in [0.29, 0.717) is 11.3 Å². The van der Waals surface area contributed by atoms with Crippen LogP contribution in [0.4, 0.5) is 10.1 Å². The Balaban J connectivity index is 1.63. The summed E-state index contributed by atoms with van der Waals surface area (Å²) >= 11 is 0. The van der Waals surface area contributed by atoms with E-state index in [1.54, 1.807) is 35.2 Å². The molecule has 5 rings (SSSR count). The third-order valence-electron chi connectivity index (χ3n) is 6.09. The highest BCUT2D eigenvalue weighted by molar-refractivity contribution is 6.01. The first-order valence-electron chi connectivity index (χ1n) is 10.0. The number of carbonyl (C=O) groups excluding carboxylic acids is 1. The average Bonchev–Trinajstić information content (AvgIpc) is 3.34. The predicted molar refractivity (Wildman–Crippen MR) is 113 cm³/mol. The van der Waals surface area contributed by atoms with E-state index in [1.807, 2.05) is 30.3 Å². The smallest absolute Gasteiger partial charge is 0.335 e. The van der Waals surface area contributed by atoms with Crippen LogP contribution in [0, 0.1) is 11.7 Å². The molecule has 4 unspecified atom stereocenters. The topological polar surface area (TPSA) is 81.7 Å². The van der Waals surface area contributed by atoms with Gasteiger partial charge in [0.1, 0.15) is 11.9 Å². The molecular weight excluding hydrogens is 397 g/mol. The molecule has 0 aliphatic carbocycles. The van der Waals surface area contributed by atoms with Gasteiger partial charge in [-0.05, 0) is 35.9 Å². The molecule has 0 radical (unpaired) electrons. The molecule has 3 N–H and O–H groups in total. The first-order valence-corrected chi connectivity index (χ1v) is 10.0. The van der Waals surface area contributed by atoms with Crippen molar-refractivity contribution in [3.63, 3.8) is 0 Å². The molecule has 3 aromatic rings. The summed E-state index contributed by atoms with van der Waals surface area (Å²) in [5, 5.41) is 9.20. The summed E-state index contributed by atoms with van der Waals surface area (Å²) in [7, 11) is 0. The summed E-state index contributed by atoms with van der Waals surface area (Å²) in [4.78, 5) is 26.3. The quantitative estimate of drug-likeness (QED) is 0.606. The second-order valence-electron chi connectivity index (χ2n) is 7.76. The van der Waals surface area contributed by atoms with Crippen molar-refractivity contribution in [2.75, 3.05) is 4.90 Å². The number of hydrogen-bond acceptors (Lipinski definition) is 4. The Morgan fingerprint density at radius 3 is 2.19 bits per heavy atom. The van der Waals surface area contributed by atoms with E-state index in [-0.39, 0.29) is 29.2 Å². The standard InChI is InChI=1S/C24H20FN3O3/c25-18-9-5-4-8-17(18)22-19-20(14-6-2-1-3-7-14)26-27-21(19)23(29)28(22)16-12-10-15(11-13-16)24(30)31/h1-13,19-22,26-27H,(H,30,31). The number of carbonyl (C=O) groups is 2. The Hall–Kier alpha value is -3.55. The number of carboxylic acid groups (broad SMARTS) is 1. The Morgan fingerprint density at radius 2 is 1.52 bits per heavy atom. The first-order chi connectivity index (χ1) is 15.1. The molecule has 2 saturated heterocycles. The lowest BCUT2D eigenvalue weighted by atomic mass is 9.83. The van der Waals surface area contributed by atoms with Crippen LogP contribution >= 0.6 is 0 Å². The fraction of sp³-hybridized carbons (Fsp3) is 0.167. The van der Waals surface area contributed by atoms with Gasteiger partial charge < -0.3 is 10.0 Å². The number of halogens is 1. The van der Waals surface area contributed by atoms with E-state index in [2.05, 4.69) is 10.9 Å². The third kappa shape index (κ3) is 3.19. The third-order valence-corrected chi connectivity index (χ3v) is 6.09. The van der Waals surface area contributed by atoms with Crippen LogP contribution in [0.2, 0.25) is 0 Å². The van der Waals surface area contributed by atoms with Gasteiger partial charge in [-0.1, -0.05) is 48.5 Å². The van der Waals surface area contributed by atoms with Crippen LogP contribution in [0.1, 0.15) is 33.6 Å². The number of benzene rings is 3. The van der Waals surface area contributed by atoms with Crippen molar-refractivity contribution in [3.8, 4) is 0 Å². The highest BCUT2D eigenvalue weighted by Gasteiger charge is 2.56. The molecule has 31 heavy (non-hydrogen) atoms. The molecule has 0 bridgehead atoms. The average molecular weight is 417 g/mol. The van der Waals surface area contributed by atoms with Gasteiger partial charge >= 0.3 is 5.97 Å². The number of nitrogens with one attached hydrogen (secondary N) is 2. The maximum absolute atomic E-state index is 15.0. The van der Waals surface area contributed by atoms with Crippen molar-refractivity contribution in [2.24, 2.45) is 5.92 Å². The number of amides is 1.